The molecule has 2 aromatic carbocycles. The first kappa shape index (κ1) is 21.3. The van der Waals surface area contributed by atoms with Crippen molar-refractivity contribution in [1.82, 2.24) is 25.0 Å². The summed E-state index contributed by atoms with van der Waals surface area (Å²) in [4.78, 5) is 25.5. The number of aromatic nitrogens is 5. The van der Waals surface area contributed by atoms with Crippen LogP contribution in [-0.2, 0) is 6.42 Å². The van der Waals surface area contributed by atoms with Crippen molar-refractivity contribution in [3.05, 3.63) is 90.5 Å². The number of anilines is 1. The van der Waals surface area contributed by atoms with Crippen LogP contribution < -0.4 is 21.7 Å². The van der Waals surface area contributed by atoms with Gasteiger partial charge in [-0.25, -0.2) is 4.79 Å². The lowest BCUT2D eigenvalue weighted by molar-refractivity contribution is 0.415. The number of hydrogen-bond donors (Lipinski definition) is 3. The Morgan fingerprint density at radius 2 is 1.75 bits per heavy atom. The molecule has 4 rings (SSSR count). The summed E-state index contributed by atoms with van der Waals surface area (Å²) in [7, 11) is 0. The number of nitrogens with two attached hydrogens (primary N) is 1. The molecule has 0 saturated heterocycles. The van der Waals surface area contributed by atoms with E-state index in [1.165, 1.54) is 18.2 Å². The summed E-state index contributed by atoms with van der Waals surface area (Å²) < 4.78 is 6.54. The third kappa shape index (κ3) is 4.41. The number of nitrogens with one attached hydrogen (secondary N) is 1. The Bertz CT molecular complexity index is 1400. The number of rotatable bonds is 5. The average molecular weight is 473 g/mol. The summed E-state index contributed by atoms with van der Waals surface area (Å²) in [6.45, 7) is 0. The van der Waals surface area contributed by atoms with Crippen LogP contribution >= 0.6 is 23.2 Å². The minimum absolute atomic E-state index is 0.0328. The van der Waals surface area contributed by atoms with E-state index >= 15 is 0 Å². The van der Waals surface area contributed by atoms with Gasteiger partial charge in [0.2, 0.25) is 17.6 Å². The first-order chi connectivity index (χ1) is 15.3. The second-order valence-corrected chi connectivity index (χ2v) is 7.41. The molecule has 0 aliphatic rings. The molecule has 0 aliphatic heterocycles. The third-order valence-corrected chi connectivity index (χ3v) is 4.91. The van der Waals surface area contributed by atoms with Crippen molar-refractivity contribution in [1.29, 1.82) is 0 Å². The summed E-state index contributed by atoms with van der Waals surface area (Å²) in [6, 6.07) is 13.7. The van der Waals surface area contributed by atoms with Gasteiger partial charge in [-0.2, -0.15) is 4.68 Å². The SMILES string of the molecule is Nc1nn(-c2cc(Cl)c(Oc3cc(Cc4ccccc4)c(O)nn3)c(Cl)c2)c(=O)[nH]c1=O. The molecule has 0 saturated carbocycles. The van der Waals surface area contributed by atoms with Crippen molar-refractivity contribution in [2.75, 3.05) is 5.73 Å². The van der Waals surface area contributed by atoms with E-state index in [0.29, 0.717) is 12.0 Å². The van der Waals surface area contributed by atoms with Crippen LogP contribution in [0.2, 0.25) is 10.0 Å². The molecule has 0 atom stereocenters. The molecular formula is C20H14Cl2N6O4. The fraction of sp³-hybridized carbons (Fsp3) is 0.0500. The molecule has 2 heterocycles. The number of benzene rings is 2. The van der Waals surface area contributed by atoms with Crippen LogP contribution in [0.4, 0.5) is 5.82 Å². The Balaban J connectivity index is 1.66. The quantitative estimate of drug-likeness (QED) is 0.401. The highest BCUT2D eigenvalue weighted by Gasteiger charge is 2.16. The number of nitrogens with zero attached hydrogens (tertiary/aromatic N) is 4. The van der Waals surface area contributed by atoms with Crippen molar-refractivity contribution in [2.45, 2.75) is 6.42 Å². The van der Waals surface area contributed by atoms with E-state index in [-0.39, 0.29) is 33.2 Å². The molecule has 0 unspecified atom stereocenters. The van der Waals surface area contributed by atoms with Crippen LogP contribution in [0, 0.1) is 0 Å². The number of hydrogen-bond acceptors (Lipinski definition) is 8. The fourth-order valence-corrected chi connectivity index (χ4v) is 3.41. The number of halogens is 2. The minimum Gasteiger partial charge on any atom is -0.492 e. The molecule has 0 amide bonds. The molecule has 162 valence electrons. The van der Waals surface area contributed by atoms with Gasteiger partial charge in [-0.3, -0.25) is 9.78 Å². The Kier molecular flexibility index (Phi) is 5.80. The smallest absolute Gasteiger partial charge is 0.349 e. The van der Waals surface area contributed by atoms with Crippen LogP contribution in [0.1, 0.15) is 11.1 Å². The second-order valence-electron chi connectivity index (χ2n) is 6.59. The Morgan fingerprint density at radius 1 is 1.06 bits per heavy atom. The number of ether oxygens (including phenoxy) is 1. The average Bonchev–Trinajstić information content (AvgIpc) is 2.76. The van der Waals surface area contributed by atoms with Crippen molar-refractivity contribution < 1.29 is 9.84 Å². The molecule has 12 heteroatoms. The van der Waals surface area contributed by atoms with E-state index in [2.05, 4.69) is 15.3 Å². The van der Waals surface area contributed by atoms with E-state index < -0.39 is 17.1 Å². The van der Waals surface area contributed by atoms with Crippen molar-refractivity contribution >= 4 is 29.0 Å². The number of H-pyrrole nitrogens is 1. The van der Waals surface area contributed by atoms with E-state index in [1.807, 2.05) is 35.3 Å². The predicted octanol–water partition coefficient (Wildman–Crippen LogP) is 2.69. The second kappa shape index (κ2) is 8.69. The van der Waals surface area contributed by atoms with Crippen LogP contribution in [0.3, 0.4) is 0 Å². The zero-order chi connectivity index (χ0) is 22.8. The zero-order valence-corrected chi connectivity index (χ0v) is 17.6. The van der Waals surface area contributed by atoms with Gasteiger partial charge < -0.3 is 15.6 Å². The summed E-state index contributed by atoms with van der Waals surface area (Å²) >= 11 is 12.6. The third-order valence-electron chi connectivity index (χ3n) is 4.35. The number of aromatic hydroxyl groups is 1. The van der Waals surface area contributed by atoms with Crippen molar-refractivity contribution in [2.24, 2.45) is 0 Å². The first-order valence-corrected chi connectivity index (χ1v) is 9.83. The van der Waals surface area contributed by atoms with E-state index in [4.69, 9.17) is 33.7 Å². The Labute approximate surface area is 189 Å². The van der Waals surface area contributed by atoms with Gasteiger partial charge in [-0.1, -0.05) is 53.5 Å². The molecule has 0 radical (unpaired) electrons. The molecule has 0 fully saturated rings. The van der Waals surface area contributed by atoms with Gasteiger partial charge in [0.1, 0.15) is 0 Å². The van der Waals surface area contributed by atoms with Gasteiger partial charge in [-0.05, 0) is 17.7 Å². The van der Waals surface area contributed by atoms with Crippen LogP contribution in [0.5, 0.6) is 17.5 Å². The predicted molar refractivity (Wildman–Crippen MR) is 118 cm³/mol. The lowest BCUT2D eigenvalue weighted by Crippen LogP contribution is -2.33. The summed E-state index contributed by atoms with van der Waals surface area (Å²) in [6.07, 6.45) is 0.404. The Morgan fingerprint density at radius 3 is 2.44 bits per heavy atom. The highest BCUT2D eigenvalue weighted by Crippen LogP contribution is 2.38. The van der Waals surface area contributed by atoms with Gasteiger partial charge in [0.05, 0.1) is 15.7 Å². The topological polar surface area (TPSA) is 149 Å². The van der Waals surface area contributed by atoms with Gasteiger partial charge in [-0.15, -0.1) is 15.3 Å². The molecule has 0 aliphatic carbocycles. The monoisotopic (exact) mass is 472 g/mol. The molecular weight excluding hydrogens is 459 g/mol. The standard InChI is InChI=1S/C20H14Cl2N6O4/c21-13-8-12(28-20(31)24-19(30)17(23)27-28)9-14(22)16(13)32-15-7-11(18(29)26-25-15)6-10-4-2-1-3-5-10/h1-5,7-9H,6H2,(H2,23,27)(H,26,29)(H,24,30,31). The highest BCUT2D eigenvalue weighted by molar-refractivity contribution is 6.37. The molecule has 0 spiro atoms. The van der Waals surface area contributed by atoms with Gasteiger partial charge >= 0.3 is 5.69 Å². The summed E-state index contributed by atoms with van der Waals surface area (Å²) in [5, 5.41) is 21.4. The van der Waals surface area contributed by atoms with Gasteiger partial charge in [0.25, 0.3) is 5.56 Å². The summed E-state index contributed by atoms with van der Waals surface area (Å²) in [5.41, 5.74) is 5.45. The maximum absolute atomic E-state index is 12.0. The zero-order valence-electron chi connectivity index (χ0n) is 16.1. The van der Waals surface area contributed by atoms with E-state index in [1.54, 1.807) is 0 Å². The van der Waals surface area contributed by atoms with E-state index in [0.717, 1.165) is 10.2 Å². The largest absolute Gasteiger partial charge is 0.492 e. The van der Waals surface area contributed by atoms with Gasteiger partial charge in [0, 0.05) is 18.1 Å². The summed E-state index contributed by atoms with van der Waals surface area (Å²) in [5.74, 6) is -0.528. The minimum atomic E-state index is -0.819. The molecule has 2 aromatic heterocycles. The lowest BCUT2D eigenvalue weighted by atomic mass is 10.1. The Hall–Kier alpha value is -3.89. The molecule has 10 nitrogen and oxygen atoms in total. The fourth-order valence-electron chi connectivity index (χ4n) is 2.86. The maximum atomic E-state index is 12.0. The molecule has 4 N–H and O–H groups in total. The van der Waals surface area contributed by atoms with Crippen LogP contribution in [0.15, 0.2) is 58.1 Å². The number of aromatic amines is 1. The molecule has 32 heavy (non-hydrogen) atoms. The maximum Gasteiger partial charge on any atom is 0.349 e. The molecule has 0 bridgehead atoms. The van der Waals surface area contributed by atoms with Crippen molar-refractivity contribution in [3.63, 3.8) is 0 Å². The van der Waals surface area contributed by atoms with Crippen molar-refractivity contribution in [3.8, 4) is 23.2 Å². The van der Waals surface area contributed by atoms with Crippen LogP contribution in [-0.4, -0.2) is 30.1 Å². The highest BCUT2D eigenvalue weighted by atomic mass is 35.5. The van der Waals surface area contributed by atoms with E-state index in [9.17, 15) is 14.7 Å². The lowest BCUT2D eigenvalue weighted by Gasteiger charge is -2.12. The normalized spacial score (nSPS) is 10.8. The first-order valence-electron chi connectivity index (χ1n) is 9.07. The number of nitrogen functional groups attached to an aromatic ring is 1. The van der Waals surface area contributed by atoms with Crippen LogP contribution in [0.25, 0.3) is 5.69 Å². The van der Waals surface area contributed by atoms with Gasteiger partial charge in [0.15, 0.2) is 5.75 Å². The molecule has 4 aromatic rings.